The maximum Gasteiger partial charge on any atom is 0.119 e. The molecule has 30 heavy (non-hydrogen) atoms. The van der Waals surface area contributed by atoms with Crippen LogP contribution in [-0.4, -0.2) is 16.8 Å². The number of aromatic nitrogens is 2. The lowest BCUT2D eigenvalue weighted by Gasteiger charge is -2.11. The van der Waals surface area contributed by atoms with E-state index in [0.29, 0.717) is 5.92 Å². The molecule has 2 rings (SSSR count). The van der Waals surface area contributed by atoms with E-state index in [0.717, 1.165) is 42.1 Å². The summed E-state index contributed by atoms with van der Waals surface area (Å²) in [6.45, 7) is 7.44. The van der Waals surface area contributed by atoms with Crippen molar-refractivity contribution in [2.45, 2.75) is 97.8 Å². The third-order valence-electron chi connectivity index (χ3n) is 5.89. The average Bonchev–Trinajstić information content (AvgIpc) is 2.79. The zero-order valence-electron chi connectivity index (χ0n) is 19.5. The lowest BCUT2D eigenvalue weighted by Crippen LogP contribution is -2.07. The third-order valence-corrected chi connectivity index (χ3v) is 5.89. The molecule has 1 aromatic carbocycles. The standard InChI is InChI=1S/C27H42N2O/c1-4-6-7-8-9-10-11-12-13-14-15-25-18-21-27(29-28-25)24-16-19-26(20-17-24)30-22-23(3)5-2/h16-21,23H,4-15,22H2,1-3H3. The molecule has 0 N–H and O–H groups in total. The highest BCUT2D eigenvalue weighted by molar-refractivity contribution is 5.59. The van der Waals surface area contributed by atoms with Gasteiger partial charge in [-0.05, 0) is 55.2 Å². The fraction of sp³-hybridized carbons (Fsp3) is 0.630. The quantitative estimate of drug-likeness (QED) is 0.263. The first-order valence-corrected chi connectivity index (χ1v) is 12.3. The number of ether oxygens (including phenoxy) is 1. The molecule has 0 bridgehead atoms. The number of nitrogens with zero attached hydrogens (tertiary/aromatic N) is 2. The second-order valence-electron chi connectivity index (χ2n) is 8.69. The van der Waals surface area contributed by atoms with Gasteiger partial charge in [-0.25, -0.2) is 0 Å². The second-order valence-corrected chi connectivity index (χ2v) is 8.69. The summed E-state index contributed by atoms with van der Waals surface area (Å²) in [5.74, 6) is 1.50. The van der Waals surface area contributed by atoms with Crippen molar-refractivity contribution in [3.63, 3.8) is 0 Å². The van der Waals surface area contributed by atoms with Gasteiger partial charge < -0.3 is 4.74 Å². The van der Waals surface area contributed by atoms with E-state index in [1.54, 1.807) is 0 Å². The van der Waals surface area contributed by atoms with Crippen molar-refractivity contribution in [2.24, 2.45) is 5.92 Å². The Morgan fingerprint density at radius 2 is 1.37 bits per heavy atom. The predicted octanol–water partition coefficient (Wildman–Crippen LogP) is 8.03. The molecule has 3 nitrogen and oxygen atoms in total. The molecule has 0 saturated carbocycles. The lowest BCUT2D eigenvalue weighted by molar-refractivity contribution is 0.256. The van der Waals surface area contributed by atoms with Crippen LogP contribution in [0.15, 0.2) is 36.4 Å². The van der Waals surface area contributed by atoms with Crippen molar-refractivity contribution >= 4 is 0 Å². The van der Waals surface area contributed by atoms with Crippen LogP contribution in [0.2, 0.25) is 0 Å². The molecule has 0 saturated heterocycles. The van der Waals surface area contributed by atoms with Crippen LogP contribution < -0.4 is 4.74 Å². The van der Waals surface area contributed by atoms with E-state index < -0.39 is 0 Å². The van der Waals surface area contributed by atoms with Gasteiger partial charge in [0.05, 0.1) is 18.0 Å². The summed E-state index contributed by atoms with van der Waals surface area (Å²) in [5, 5.41) is 8.88. The molecular weight excluding hydrogens is 368 g/mol. The van der Waals surface area contributed by atoms with Crippen LogP contribution in [0.3, 0.4) is 0 Å². The van der Waals surface area contributed by atoms with Crippen molar-refractivity contribution in [3.8, 4) is 17.0 Å². The lowest BCUT2D eigenvalue weighted by atomic mass is 10.1. The van der Waals surface area contributed by atoms with Crippen molar-refractivity contribution < 1.29 is 4.74 Å². The van der Waals surface area contributed by atoms with Gasteiger partial charge >= 0.3 is 0 Å². The Hall–Kier alpha value is -1.90. The molecule has 1 atom stereocenters. The number of rotatable bonds is 16. The van der Waals surface area contributed by atoms with E-state index in [1.807, 2.05) is 12.1 Å². The maximum atomic E-state index is 5.83. The predicted molar refractivity (Wildman–Crippen MR) is 128 cm³/mol. The SMILES string of the molecule is CCCCCCCCCCCCc1ccc(-c2ccc(OCC(C)CC)cc2)nn1. The number of hydrogen-bond donors (Lipinski definition) is 0. The highest BCUT2D eigenvalue weighted by Gasteiger charge is 2.04. The Labute approximate surface area is 184 Å². The van der Waals surface area contributed by atoms with Gasteiger partial charge in [0.25, 0.3) is 0 Å². The van der Waals surface area contributed by atoms with Gasteiger partial charge in [0.2, 0.25) is 0 Å². The van der Waals surface area contributed by atoms with Crippen LogP contribution in [0, 0.1) is 5.92 Å². The first-order valence-electron chi connectivity index (χ1n) is 12.3. The van der Waals surface area contributed by atoms with Crippen molar-refractivity contribution in [3.05, 3.63) is 42.1 Å². The molecule has 166 valence electrons. The monoisotopic (exact) mass is 410 g/mol. The fourth-order valence-corrected chi connectivity index (χ4v) is 3.52. The largest absolute Gasteiger partial charge is 0.493 e. The summed E-state index contributed by atoms with van der Waals surface area (Å²) in [7, 11) is 0. The first-order chi connectivity index (χ1) is 14.7. The Kier molecular flexibility index (Phi) is 12.2. The minimum absolute atomic E-state index is 0.582. The van der Waals surface area contributed by atoms with Crippen LogP contribution in [0.25, 0.3) is 11.3 Å². The molecule has 0 fully saturated rings. The van der Waals surface area contributed by atoms with E-state index in [1.165, 1.54) is 64.2 Å². The Bertz CT molecular complexity index is 666. The van der Waals surface area contributed by atoms with Crippen LogP contribution in [-0.2, 0) is 6.42 Å². The Balaban J connectivity index is 1.64. The fourth-order valence-electron chi connectivity index (χ4n) is 3.52. The molecule has 1 unspecified atom stereocenters. The van der Waals surface area contributed by atoms with Crippen LogP contribution >= 0.6 is 0 Å². The second kappa shape index (κ2) is 15.0. The summed E-state index contributed by atoms with van der Waals surface area (Å²) in [6, 6.07) is 12.4. The van der Waals surface area contributed by atoms with Gasteiger partial charge in [0, 0.05) is 5.56 Å². The third kappa shape index (κ3) is 9.73. The topological polar surface area (TPSA) is 35.0 Å². The average molecular weight is 411 g/mol. The highest BCUT2D eigenvalue weighted by Crippen LogP contribution is 2.21. The summed E-state index contributed by atoms with van der Waals surface area (Å²) in [6.07, 6.45) is 15.8. The number of unbranched alkanes of at least 4 members (excludes halogenated alkanes) is 9. The van der Waals surface area contributed by atoms with Gasteiger partial charge in [-0.1, -0.05) is 85.0 Å². The molecule has 0 radical (unpaired) electrons. The highest BCUT2D eigenvalue weighted by atomic mass is 16.5. The zero-order chi connectivity index (χ0) is 21.4. The molecule has 1 aromatic heterocycles. The van der Waals surface area contributed by atoms with Gasteiger partial charge in [0.15, 0.2) is 0 Å². The van der Waals surface area contributed by atoms with Crippen molar-refractivity contribution in [1.29, 1.82) is 0 Å². The van der Waals surface area contributed by atoms with Gasteiger partial charge in [-0.15, -0.1) is 0 Å². The summed E-state index contributed by atoms with van der Waals surface area (Å²) in [5.41, 5.74) is 3.12. The Morgan fingerprint density at radius 3 is 1.93 bits per heavy atom. The first kappa shape index (κ1) is 24.4. The molecule has 0 aliphatic rings. The summed E-state index contributed by atoms with van der Waals surface area (Å²) in [4.78, 5) is 0. The van der Waals surface area contributed by atoms with E-state index in [-0.39, 0.29) is 0 Å². The molecule has 2 aromatic rings. The number of aryl methyl sites for hydroxylation is 1. The minimum atomic E-state index is 0.582. The normalized spacial score (nSPS) is 12.1. The van der Waals surface area contributed by atoms with Crippen molar-refractivity contribution in [1.82, 2.24) is 10.2 Å². The van der Waals surface area contributed by atoms with E-state index in [2.05, 4.69) is 55.2 Å². The maximum absolute atomic E-state index is 5.83. The van der Waals surface area contributed by atoms with E-state index in [4.69, 9.17) is 4.74 Å². The molecule has 3 heteroatoms. The van der Waals surface area contributed by atoms with Crippen LogP contribution in [0.4, 0.5) is 0 Å². The molecular formula is C27H42N2O. The zero-order valence-corrected chi connectivity index (χ0v) is 19.5. The summed E-state index contributed by atoms with van der Waals surface area (Å²) < 4.78 is 5.83. The number of hydrogen-bond acceptors (Lipinski definition) is 3. The molecule has 0 spiro atoms. The van der Waals surface area contributed by atoms with Crippen LogP contribution in [0.5, 0.6) is 5.75 Å². The van der Waals surface area contributed by atoms with Crippen molar-refractivity contribution in [2.75, 3.05) is 6.61 Å². The smallest absolute Gasteiger partial charge is 0.119 e. The molecule has 0 amide bonds. The van der Waals surface area contributed by atoms with Gasteiger partial charge in [-0.3, -0.25) is 0 Å². The van der Waals surface area contributed by atoms with Gasteiger partial charge in [-0.2, -0.15) is 10.2 Å². The summed E-state index contributed by atoms with van der Waals surface area (Å²) >= 11 is 0. The molecule has 0 aliphatic heterocycles. The minimum Gasteiger partial charge on any atom is -0.493 e. The van der Waals surface area contributed by atoms with Gasteiger partial charge in [0.1, 0.15) is 5.75 Å². The Morgan fingerprint density at radius 1 is 0.733 bits per heavy atom. The molecule has 0 aliphatic carbocycles. The number of benzene rings is 1. The van der Waals surface area contributed by atoms with E-state index in [9.17, 15) is 0 Å². The molecule has 1 heterocycles. The van der Waals surface area contributed by atoms with Crippen LogP contribution in [0.1, 0.15) is 97.1 Å². The van der Waals surface area contributed by atoms with E-state index >= 15 is 0 Å².